The highest BCUT2D eigenvalue weighted by Gasteiger charge is 2.27. The maximum absolute atomic E-state index is 11.1. The Hall–Kier alpha value is -0.140. The van der Waals surface area contributed by atoms with E-state index in [1.54, 1.807) is 13.8 Å². The van der Waals surface area contributed by atoms with Crippen LogP contribution in [0.2, 0.25) is 0 Å². The zero-order chi connectivity index (χ0) is 8.91. The molecule has 0 aliphatic rings. The topological polar surface area (TPSA) is 46.5 Å². The van der Waals surface area contributed by atoms with E-state index in [-0.39, 0.29) is 12.6 Å². The van der Waals surface area contributed by atoms with E-state index in [9.17, 15) is 4.79 Å². The van der Waals surface area contributed by atoms with Crippen LogP contribution in [0.5, 0.6) is 0 Å². The van der Waals surface area contributed by atoms with E-state index in [0.717, 1.165) is 6.16 Å². The van der Waals surface area contributed by atoms with Gasteiger partial charge in [0, 0.05) is 0 Å². The molecule has 11 heavy (non-hydrogen) atoms. The first kappa shape index (κ1) is 10.9. The molecule has 0 spiro atoms. The molecule has 0 aromatic heterocycles. The van der Waals surface area contributed by atoms with Crippen molar-refractivity contribution in [1.82, 2.24) is 0 Å². The minimum Gasteiger partial charge on any atom is -0.465 e. The van der Waals surface area contributed by atoms with E-state index < -0.39 is 5.41 Å². The van der Waals surface area contributed by atoms with Crippen LogP contribution in [-0.4, -0.2) is 30.5 Å². The normalized spacial score (nSPS) is 11.3. The van der Waals surface area contributed by atoms with Crippen LogP contribution in [0.25, 0.3) is 0 Å². The number of carbonyl (C=O) groups is 1. The Kier molecular flexibility index (Phi) is 4.62. The second-order valence-electron chi connectivity index (χ2n) is 2.97. The monoisotopic (exact) mass is 178 g/mol. The Bertz CT molecular complexity index is 134. The Morgan fingerprint density at radius 2 is 2.18 bits per heavy atom. The van der Waals surface area contributed by atoms with Gasteiger partial charge < -0.3 is 9.84 Å². The van der Waals surface area contributed by atoms with E-state index in [2.05, 4.69) is 9.24 Å². The number of carbonyl (C=O) groups excluding carboxylic acids is 1. The van der Waals surface area contributed by atoms with Gasteiger partial charge in [-0.3, -0.25) is 4.79 Å². The van der Waals surface area contributed by atoms with Crippen molar-refractivity contribution in [2.45, 2.75) is 13.8 Å². The first-order valence-corrected chi connectivity index (χ1v) is 4.34. The van der Waals surface area contributed by atoms with Gasteiger partial charge in [-0.15, -0.1) is 9.24 Å². The number of rotatable bonds is 4. The third-order valence-corrected chi connectivity index (χ3v) is 1.53. The second-order valence-corrected chi connectivity index (χ2v) is 3.54. The number of hydrogen-bond acceptors (Lipinski definition) is 3. The van der Waals surface area contributed by atoms with Gasteiger partial charge in [-0.05, 0) is 20.0 Å². The number of aliphatic hydroxyl groups excluding tert-OH is 1. The van der Waals surface area contributed by atoms with Crippen molar-refractivity contribution in [3.8, 4) is 0 Å². The molecule has 0 fully saturated rings. The Morgan fingerprint density at radius 1 is 1.64 bits per heavy atom. The summed E-state index contributed by atoms with van der Waals surface area (Å²) in [7, 11) is 2.46. The van der Waals surface area contributed by atoms with Crippen LogP contribution in [0, 0.1) is 5.41 Å². The maximum Gasteiger partial charge on any atom is 0.313 e. The molecule has 3 nitrogen and oxygen atoms in total. The second kappa shape index (κ2) is 4.68. The molecule has 0 saturated heterocycles. The highest BCUT2D eigenvalue weighted by atomic mass is 31.0. The summed E-state index contributed by atoms with van der Waals surface area (Å²) in [6, 6.07) is 0. The number of hydrogen-bond donors (Lipinski definition) is 1. The lowest BCUT2D eigenvalue weighted by Gasteiger charge is -2.18. The molecule has 0 saturated carbocycles. The van der Waals surface area contributed by atoms with Crippen molar-refractivity contribution in [1.29, 1.82) is 0 Å². The summed E-state index contributed by atoms with van der Waals surface area (Å²) in [5.74, 6) is -0.345. The van der Waals surface area contributed by atoms with E-state index in [1.165, 1.54) is 0 Å². The van der Waals surface area contributed by atoms with Crippen LogP contribution in [0.15, 0.2) is 0 Å². The van der Waals surface area contributed by atoms with Gasteiger partial charge in [0.2, 0.25) is 0 Å². The fourth-order valence-electron chi connectivity index (χ4n) is 0.412. The molecular formula is C7H15O3P. The Labute approximate surface area is 69.3 Å². The molecule has 4 heteroatoms. The first-order chi connectivity index (χ1) is 5.04. The van der Waals surface area contributed by atoms with Crippen molar-refractivity contribution in [2.24, 2.45) is 5.41 Å². The molecule has 66 valence electrons. The van der Waals surface area contributed by atoms with Crippen LogP contribution in [0.3, 0.4) is 0 Å². The molecule has 1 N–H and O–H groups in total. The minimum absolute atomic E-state index is 0.178. The van der Waals surface area contributed by atoms with Crippen molar-refractivity contribution in [3.05, 3.63) is 0 Å². The summed E-state index contributed by atoms with van der Waals surface area (Å²) in [5.41, 5.74) is -0.764. The van der Waals surface area contributed by atoms with Gasteiger partial charge in [0.1, 0.15) is 0 Å². The van der Waals surface area contributed by atoms with Crippen molar-refractivity contribution < 1.29 is 14.6 Å². The van der Waals surface area contributed by atoms with Crippen LogP contribution in [0.1, 0.15) is 13.8 Å². The summed E-state index contributed by atoms with van der Waals surface area (Å²) < 4.78 is 4.83. The van der Waals surface area contributed by atoms with Crippen molar-refractivity contribution in [3.63, 3.8) is 0 Å². The molecule has 0 heterocycles. The van der Waals surface area contributed by atoms with Crippen LogP contribution < -0.4 is 0 Å². The molecule has 1 unspecified atom stereocenters. The van der Waals surface area contributed by atoms with Crippen LogP contribution >= 0.6 is 9.24 Å². The van der Waals surface area contributed by atoms with Gasteiger partial charge >= 0.3 is 5.97 Å². The third kappa shape index (κ3) is 3.68. The fourth-order valence-corrected chi connectivity index (χ4v) is 0.529. The Morgan fingerprint density at radius 3 is 2.55 bits per heavy atom. The van der Waals surface area contributed by atoms with Gasteiger partial charge in [-0.25, -0.2) is 0 Å². The molecule has 0 rings (SSSR count). The minimum atomic E-state index is -0.764. The van der Waals surface area contributed by atoms with E-state index in [4.69, 9.17) is 9.84 Å². The van der Waals surface area contributed by atoms with Gasteiger partial charge in [0.05, 0.1) is 18.6 Å². The maximum atomic E-state index is 11.1. The first-order valence-electron chi connectivity index (χ1n) is 3.52. The Balaban J connectivity index is 3.82. The summed E-state index contributed by atoms with van der Waals surface area (Å²) in [4.78, 5) is 11.1. The summed E-state index contributed by atoms with van der Waals surface area (Å²) in [6.45, 7) is 3.52. The zero-order valence-corrected chi connectivity index (χ0v) is 8.12. The van der Waals surface area contributed by atoms with E-state index in [1.807, 2.05) is 0 Å². The molecular weight excluding hydrogens is 163 g/mol. The van der Waals surface area contributed by atoms with Gasteiger partial charge in [0.15, 0.2) is 0 Å². The molecule has 1 atom stereocenters. The third-order valence-electron chi connectivity index (χ3n) is 1.30. The number of esters is 1. The molecule has 0 aliphatic carbocycles. The standard InChI is InChI=1S/C7H15O3P/c1-7(2,5-8)6(9)10-3-4-11/h8H,3-5,11H2,1-2H3. The van der Waals surface area contributed by atoms with E-state index in [0.29, 0.717) is 6.61 Å². The molecule has 0 amide bonds. The molecule has 0 bridgehead atoms. The molecule has 0 aromatic rings. The van der Waals surface area contributed by atoms with Crippen LogP contribution in [-0.2, 0) is 9.53 Å². The van der Waals surface area contributed by atoms with Gasteiger partial charge in [-0.2, -0.15) is 0 Å². The summed E-state index contributed by atoms with van der Waals surface area (Å²) in [5, 5.41) is 8.76. The highest BCUT2D eigenvalue weighted by Crippen LogP contribution is 2.15. The largest absolute Gasteiger partial charge is 0.465 e. The lowest BCUT2D eigenvalue weighted by molar-refractivity contribution is -0.155. The average Bonchev–Trinajstić information content (AvgIpc) is 2.00. The zero-order valence-electron chi connectivity index (χ0n) is 6.96. The lowest BCUT2D eigenvalue weighted by Crippen LogP contribution is -2.30. The quantitative estimate of drug-likeness (QED) is 0.501. The van der Waals surface area contributed by atoms with Crippen molar-refractivity contribution in [2.75, 3.05) is 19.4 Å². The number of ether oxygens (including phenoxy) is 1. The van der Waals surface area contributed by atoms with Gasteiger partial charge in [0.25, 0.3) is 0 Å². The highest BCUT2D eigenvalue weighted by molar-refractivity contribution is 7.16. The number of aliphatic hydroxyl groups is 1. The summed E-state index contributed by atoms with van der Waals surface area (Å²) in [6.07, 6.45) is 0.729. The van der Waals surface area contributed by atoms with E-state index >= 15 is 0 Å². The van der Waals surface area contributed by atoms with Gasteiger partial charge in [-0.1, -0.05) is 0 Å². The fraction of sp³-hybridized carbons (Fsp3) is 0.857. The lowest BCUT2D eigenvalue weighted by atomic mass is 9.95. The summed E-state index contributed by atoms with van der Waals surface area (Å²) >= 11 is 0. The molecule has 0 radical (unpaired) electrons. The van der Waals surface area contributed by atoms with Crippen LogP contribution in [0.4, 0.5) is 0 Å². The predicted molar refractivity (Wildman–Crippen MR) is 46.4 cm³/mol. The van der Waals surface area contributed by atoms with Crippen molar-refractivity contribution >= 4 is 15.2 Å². The SMILES string of the molecule is CC(C)(CO)C(=O)OCCP. The predicted octanol–water partition coefficient (Wildman–Crippen LogP) is 0.423. The average molecular weight is 178 g/mol. The molecule has 0 aliphatic heterocycles. The molecule has 0 aromatic carbocycles. The smallest absolute Gasteiger partial charge is 0.313 e.